The minimum atomic E-state index is -0.139. The highest BCUT2D eigenvalue weighted by Crippen LogP contribution is 2.40. The second-order valence-corrected chi connectivity index (χ2v) is 8.97. The van der Waals surface area contributed by atoms with Gasteiger partial charge >= 0.3 is 0 Å². The van der Waals surface area contributed by atoms with Gasteiger partial charge in [0, 0.05) is 25.9 Å². The number of amides is 1. The predicted octanol–water partition coefficient (Wildman–Crippen LogP) is 5.04. The predicted molar refractivity (Wildman–Crippen MR) is 123 cm³/mol. The standard InChI is InChI=1S/C26H35NO4/c1-19(28)27(17-20-11-12-24(29-4)25(15-20)30-5)14-13-22-16-26(2,3)31-18-23(22)21-9-7-6-8-10-21/h6-12,15,22-23H,13-14,16-18H2,1-5H3/t22-,23-/m1/s1. The van der Waals surface area contributed by atoms with Crippen LogP contribution in [0.25, 0.3) is 0 Å². The summed E-state index contributed by atoms with van der Waals surface area (Å²) in [4.78, 5) is 14.3. The van der Waals surface area contributed by atoms with Crippen molar-refractivity contribution in [3.8, 4) is 11.5 Å². The number of ether oxygens (including phenoxy) is 3. The molecule has 2 atom stereocenters. The molecule has 0 spiro atoms. The zero-order valence-corrected chi connectivity index (χ0v) is 19.4. The van der Waals surface area contributed by atoms with Crippen molar-refractivity contribution in [3.63, 3.8) is 0 Å². The van der Waals surface area contributed by atoms with Crippen molar-refractivity contribution in [1.29, 1.82) is 0 Å². The maximum atomic E-state index is 12.4. The molecule has 168 valence electrons. The van der Waals surface area contributed by atoms with E-state index in [0.29, 0.717) is 36.4 Å². The first-order valence-corrected chi connectivity index (χ1v) is 11.0. The van der Waals surface area contributed by atoms with Crippen LogP contribution in [-0.2, 0) is 16.1 Å². The molecule has 0 bridgehead atoms. The molecule has 3 rings (SSSR count). The van der Waals surface area contributed by atoms with Gasteiger partial charge in [0.15, 0.2) is 11.5 Å². The number of methoxy groups -OCH3 is 2. The van der Waals surface area contributed by atoms with E-state index in [2.05, 4.69) is 38.1 Å². The topological polar surface area (TPSA) is 48.0 Å². The summed E-state index contributed by atoms with van der Waals surface area (Å²) in [5.74, 6) is 2.26. The molecule has 1 saturated heterocycles. The molecule has 1 aliphatic heterocycles. The van der Waals surface area contributed by atoms with E-state index < -0.39 is 0 Å². The zero-order chi connectivity index (χ0) is 22.4. The van der Waals surface area contributed by atoms with Crippen LogP contribution < -0.4 is 9.47 Å². The van der Waals surface area contributed by atoms with Crippen molar-refractivity contribution in [3.05, 3.63) is 59.7 Å². The van der Waals surface area contributed by atoms with E-state index in [0.717, 1.165) is 25.0 Å². The number of nitrogens with zero attached hydrogens (tertiary/aromatic N) is 1. The molecule has 1 heterocycles. The van der Waals surface area contributed by atoms with E-state index in [4.69, 9.17) is 14.2 Å². The van der Waals surface area contributed by atoms with Crippen molar-refractivity contribution in [2.45, 2.75) is 51.7 Å². The molecule has 5 heteroatoms. The molecular weight excluding hydrogens is 390 g/mol. The Bertz CT molecular complexity index is 865. The third-order valence-electron chi connectivity index (χ3n) is 6.24. The van der Waals surface area contributed by atoms with Gasteiger partial charge in [-0.05, 0) is 55.9 Å². The number of hydrogen-bond acceptors (Lipinski definition) is 4. The fraction of sp³-hybridized carbons (Fsp3) is 0.500. The minimum Gasteiger partial charge on any atom is -0.493 e. The first-order chi connectivity index (χ1) is 14.8. The van der Waals surface area contributed by atoms with Crippen molar-refractivity contribution in [2.75, 3.05) is 27.4 Å². The largest absolute Gasteiger partial charge is 0.493 e. The third-order valence-corrected chi connectivity index (χ3v) is 6.24. The summed E-state index contributed by atoms with van der Waals surface area (Å²) in [5.41, 5.74) is 2.21. The van der Waals surface area contributed by atoms with Gasteiger partial charge in [-0.2, -0.15) is 0 Å². The third kappa shape index (κ3) is 6.01. The Labute approximate surface area is 186 Å². The SMILES string of the molecule is COc1ccc(CN(CC[C@@H]2CC(C)(C)OC[C@@H]2c2ccccc2)C(C)=O)cc1OC. The van der Waals surface area contributed by atoms with E-state index >= 15 is 0 Å². The molecule has 2 aromatic carbocycles. The Morgan fingerprint density at radius 2 is 1.81 bits per heavy atom. The molecule has 1 amide bonds. The molecule has 0 unspecified atom stereocenters. The lowest BCUT2D eigenvalue weighted by atomic mass is 9.76. The van der Waals surface area contributed by atoms with E-state index in [1.807, 2.05) is 29.2 Å². The summed E-state index contributed by atoms with van der Waals surface area (Å²) in [6, 6.07) is 16.4. The van der Waals surface area contributed by atoms with E-state index in [9.17, 15) is 4.79 Å². The highest BCUT2D eigenvalue weighted by Gasteiger charge is 2.36. The lowest BCUT2D eigenvalue weighted by Crippen LogP contribution is -2.40. The summed E-state index contributed by atoms with van der Waals surface area (Å²) < 4.78 is 16.9. The van der Waals surface area contributed by atoms with Gasteiger partial charge in [-0.25, -0.2) is 0 Å². The van der Waals surface area contributed by atoms with Crippen LogP contribution in [0.2, 0.25) is 0 Å². The van der Waals surface area contributed by atoms with Crippen molar-refractivity contribution in [2.24, 2.45) is 5.92 Å². The van der Waals surface area contributed by atoms with E-state index in [1.54, 1.807) is 21.1 Å². The molecule has 1 aliphatic rings. The summed E-state index contributed by atoms with van der Waals surface area (Å²) >= 11 is 0. The number of benzene rings is 2. The molecule has 31 heavy (non-hydrogen) atoms. The van der Waals surface area contributed by atoms with Gasteiger partial charge in [0.05, 0.1) is 26.4 Å². The van der Waals surface area contributed by atoms with Crippen LogP contribution in [0.15, 0.2) is 48.5 Å². The van der Waals surface area contributed by atoms with Gasteiger partial charge in [-0.3, -0.25) is 4.79 Å². The van der Waals surface area contributed by atoms with Gasteiger partial charge in [0.2, 0.25) is 5.91 Å². The van der Waals surface area contributed by atoms with Gasteiger partial charge < -0.3 is 19.1 Å². The normalized spacial score (nSPS) is 20.2. The highest BCUT2D eigenvalue weighted by molar-refractivity contribution is 5.73. The van der Waals surface area contributed by atoms with Crippen LogP contribution in [0.3, 0.4) is 0 Å². The van der Waals surface area contributed by atoms with E-state index in [-0.39, 0.29) is 11.5 Å². The minimum absolute atomic E-state index is 0.0809. The molecule has 5 nitrogen and oxygen atoms in total. The first kappa shape index (κ1) is 23.1. The molecular formula is C26H35NO4. The first-order valence-electron chi connectivity index (χ1n) is 11.0. The molecule has 1 fully saturated rings. The summed E-state index contributed by atoms with van der Waals surface area (Å²) in [7, 11) is 3.25. The summed E-state index contributed by atoms with van der Waals surface area (Å²) in [5, 5.41) is 0. The Morgan fingerprint density at radius 3 is 2.45 bits per heavy atom. The summed E-state index contributed by atoms with van der Waals surface area (Å²) in [6.45, 7) is 7.95. The number of rotatable bonds is 8. The average molecular weight is 426 g/mol. The Kier molecular flexibility index (Phi) is 7.60. The smallest absolute Gasteiger partial charge is 0.219 e. The molecule has 2 aromatic rings. The maximum absolute atomic E-state index is 12.4. The molecule has 0 saturated carbocycles. The van der Waals surface area contributed by atoms with Crippen LogP contribution >= 0.6 is 0 Å². The lowest BCUT2D eigenvalue weighted by Gasteiger charge is -2.42. The number of carbonyl (C=O) groups is 1. The second-order valence-electron chi connectivity index (χ2n) is 8.97. The molecule has 0 aromatic heterocycles. The zero-order valence-electron chi connectivity index (χ0n) is 19.4. The van der Waals surface area contributed by atoms with Crippen LogP contribution in [0.5, 0.6) is 11.5 Å². The Morgan fingerprint density at radius 1 is 1.10 bits per heavy atom. The highest BCUT2D eigenvalue weighted by atomic mass is 16.5. The average Bonchev–Trinajstić information content (AvgIpc) is 2.76. The summed E-state index contributed by atoms with van der Waals surface area (Å²) in [6.07, 6.45) is 1.92. The quantitative estimate of drug-likeness (QED) is 0.594. The number of carbonyl (C=O) groups excluding carboxylic acids is 1. The van der Waals surface area contributed by atoms with Crippen LogP contribution in [0.1, 0.15) is 50.7 Å². The molecule has 0 N–H and O–H groups in total. The van der Waals surface area contributed by atoms with Crippen molar-refractivity contribution in [1.82, 2.24) is 4.90 Å². The number of hydrogen-bond donors (Lipinski definition) is 0. The van der Waals surface area contributed by atoms with Crippen molar-refractivity contribution >= 4 is 5.91 Å². The van der Waals surface area contributed by atoms with Gasteiger partial charge in [0.1, 0.15) is 0 Å². The van der Waals surface area contributed by atoms with Crippen LogP contribution in [-0.4, -0.2) is 43.8 Å². The Hall–Kier alpha value is -2.53. The van der Waals surface area contributed by atoms with Crippen molar-refractivity contribution < 1.29 is 19.0 Å². The van der Waals surface area contributed by atoms with Gasteiger partial charge in [0.25, 0.3) is 0 Å². The lowest BCUT2D eigenvalue weighted by molar-refractivity contribution is -0.130. The molecule has 0 aliphatic carbocycles. The van der Waals surface area contributed by atoms with Gasteiger partial charge in [-0.15, -0.1) is 0 Å². The Balaban J connectivity index is 1.72. The fourth-order valence-electron chi connectivity index (χ4n) is 4.52. The second kappa shape index (κ2) is 10.2. The van der Waals surface area contributed by atoms with Crippen LogP contribution in [0, 0.1) is 5.92 Å². The monoisotopic (exact) mass is 425 g/mol. The fourth-order valence-corrected chi connectivity index (χ4v) is 4.52. The maximum Gasteiger partial charge on any atom is 0.219 e. The van der Waals surface area contributed by atoms with E-state index in [1.165, 1.54) is 5.56 Å². The molecule has 0 radical (unpaired) electrons. The van der Waals surface area contributed by atoms with Gasteiger partial charge in [-0.1, -0.05) is 36.4 Å². The van der Waals surface area contributed by atoms with Crippen LogP contribution in [0.4, 0.5) is 0 Å².